The monoisotopic (exact) mass is 285 g/mol. The van der Waals surface area contributed by atoms with Crippen LogP contribution in [0.15, 0.2) is 22.7 Å². The third kappa shape index (κ3) is 3.61. The number of aryl methyl sites for hydroxylation is 1. The van der Waals surface area contributed by atoms with E-state index < -0.39 is 0 Å². The second kappa shape index (κ2) is 6.01. The van der Waals surface area contributed by atoms with Crippen LogP contribution in [0.25, 0.3) is 0 Å². The summed E-state index contributed by atoms with van der Waals surface area (Å²) in [6.45, 7) is 2.01. The Labute approximate surface area is 104 Å². The van der Waals surface area contributed by atoms with E-state index in [-0.39, 0.29) is 12.0 Å². The van der Waals surface area contributed by atoms with Gasteiger partial charge in [0.25, 0.3) is 0 Å². The van der Waals surface area contributed by atoms with Crippen LogP contribution in [0.5, 0.6) is 0 Å². The Morgan fingerprint density at radius 2 is 2.25 bits per heavy atom. The van der Waals surface area contributed by atoms with Crippen LogP contribution in [0.2, 0.25) is 0 Å². The van der Waals surface area contributed by atoms with Crippen molar-refractivity contribution in [3.8, 4) is 0 Å². The van der Waals surface area contributed by atoms with Crippen LogP contribution in [0.1, 0.15) is 30.0 Å². The van der Waals surface area contributed by atoms with Gasteiger partial charge < -0.3 is 10.5 Å². The molecule has 0 amide bonds. The van der Waals surface area contributed by atoms with Crippen molar-refractivity contribution in [2.45, 2.75) is 25.8 Å². The number of hydrogen-bond donors (Lipinski definition) is 1. The lowest BCUT2D eigenvalue weighted by Crippen LogP contribution is -2.13. The van der Waals surface area contributed by atoms with Crippen LogP contribution in [-0.4, -0.2) is 13.1 Å². The molecule has 0 radical (unpaired) electrons. The number of hydrogen-bond acceptors (Lipinski definition) is 3. The molecule has 1 rings (SSSR count). The van der Waals surface area contributed by atoms with Crippen LogP contribution < -0.4 is 5.73 Å². The molecule has 2 N–H and O–H groups in total. The van der Waals surface area contributed by atoms with Crippen LogP contribution >= 0.6 is 15.9 Å². The summed E-state index contributed by atoms with van der Waals surface area (Å²) in [6, 6.07) is 5.86. The highest BCUT2D eigenvalue weighted by Gasteiger charge is 2.10. The lowest BCUT2D eigenvalue weighted by molar-refractivity contribution is -0.140. The van der Waals surface area contributed by atoms with Crippen molar-refractivity contribution < 1.29 is 9.53 Å². The molecule has 0 aromatic heterocycles. The van der Waals surface area contributed by atoms with Gasteiger partial charge in [-0.1, -0.05) is 28.1 Å². The molecule has 0 aliphatic carbocycles. The van der Waals surface area contributed by atoms with Crippen molar-refractivity contribution in [2.75, 3.05) is 7.11 Å². The third-order valence-corrected chi connectivity index (χ3v) is 3.39. The molecule has 0 aliphatic heterocycles. The number of halogens is 1. The van der Waals surface area contributed by atoms with E-state index in [2.05, 4.69) is 20.7 Å². The maximum absolute atomic E-state index is 11.0. The average molecular weight is 286 g/mol. The summed E-state index contributed by atoms with van der Waals surface area (Å²) < 4.78 is 5.64. The number of benzene rings is 1. The molecule has 4 heteroatoms. The van der Waals surface area contributed by atoms with Crippen molar-refractivity contribution in [1.29, 1.82) is 0 Å². The first-order valence-corrected chi connectivity index (χ1v) is 5.92. The van der Waals surface area contributed by atoms with Gasteiger partial charge in [0.2, 0.25) is 0 Å². The van der Waals surface area contributed by atoms with E-state index in [1.807, 2.05) is 25.1 Å². The van der Waals surface area contributed by atoms with Gasteiger partial charge in [-0.05, 0) is 30.5 Å². The van der Waals surface area contributed by atoms with Crippen molar-refractivity contribution in [3.05, 3.63) is 33.8 Å². The van der Waals surface area contributed by atoms with Crippen LogP contribution in [-0.2, 0) is 9.53 Å². The molecule has 0 saturated carbocycles. The van der Waals surface area contributed by atoms with Crippen LogP contribution in [0.4, 0.5) is 0 Å². The predicted molar refractivity (Wildman–Crippen MR) is 67.1 cm³/mol. The van der Waals surface area contributed by atoms with Gasteiger partial charge in [-0.25, -0.2) is 0 Å². The summed E-state index contributed by atoms with van der Waals surface area (Å²) in [4.78, 5) is 11.0. The fraction of sp³-hybridized carbons (Fsp3) is 0.417. The number of esters is 1. The van der Waals surface area contributed by atoms with E-state index in [0.29, 0.717) is 12.8 Å². The molecule has 16 heavy (non-hydrogen) atoms. The molecule has 0 aliphatic rings. The Morgan fingerprint density at radius 1 is 1.56 bits per heavy atom. The fourth-order valence-corrected chi connectivity index (χ4v) is 1.69. The van der Waals surface area contributed by atoms with Crippen molar-refractivity contribution >= 4 is 21.9 Å². The van der Waals surface area contributed by atoms with Gasteiger partial charge in [0.05, 0.1) is 7.11 Å². The number of rotatable bonds is 4. The van der Waals surface area contributed by atoms with Gasteiger partial charge in [-0.2, -0.15) is 0 Å². The summed E-state index contributed by atoms with van der Waals surface area (Å²) in [5.74, 6) is -0.218. The number of methoxy groups -OCH3 is 1. The highest BCUT2D eigenvalue weighted by atomic mass is 79.9. The highest BCUT2D eigenvalue weighted by molar-refractivity contribution is 9.10. The van der Waals surface area contributed by atoms with E-state index in [1.165, 1.54) is 7.11 Å². The third-order valence-electron chi connectivity index (χ3n) is 2.50. The molecule has 3 nitrogen and oxygen atoms in total. The molecule has 0 bridgehead atoms. The molecular weight excluding hydrogens is 270 g/mol. The first-order chi connectivity index (χ1) is 7.54. The fourth-order valence-electron chi connectivity index (χ4n) is 1.44. The van der Waals surface area contributed by atoms with E-state index in [4.69, 9.17) is 5.73 Å². The topological polar surface area (TPSA) is 52.3 Å². The van der Waals surface area contributed by atoms with Crippen LogP contribution in [0, 0.1) is 6.92 Å². The molecule has 0 spiro atoms. The summed E-state index contributed by atoms with van der Waals surface area (Å²) in [6.07, 6.45) is 0.959. The predicted octanol–water partition coefficient (Wildman–Crippen LogP) is 2.71. The molecule has 0 heterocycles. The zero-order valence-electron chi connectivity index (χ0n) is 9.50. The second-order valence-electron chi connectivity index (χ2n) is 3.73. The van der Waals surface area contributed by atoms with Crippen molar-refractivity contribution in [2.24, 2.45) is 5.73 Å². The Kier molecular flexibility index (Phi) is 4.96. The van der Waals surface area contributed by atoms with E-state index in [1.54, 1.807) is 0 Å². The van der Waals surface area contributed by atoms with Gasteiger partial charge in [-0.15, -0.1) is 0 Å². The average Bonchev–Trinajstić information content (AvgIpc) is 2.29. The van der Waals surface area contributed by atoms with Gasteiger partial charge in [-0.3, -0.25) is 4.79 Å². The molecule has 1 atom stereocenters. The standard InChI is InChI=1S/C12H16BrNO2/c1-8-7-9(3-4-10(8)13)11(14)5-6-12(15)16-2/h3-4,7,11H,5-6,14H2,1-2H3. The lowest BCUT2D eigenvalue weighted by atomic mass is 10.0. The van der Waals surface area contributed by atoms with E-state index >= 15 is 0 Å². The molecule has 0 saturated heterocycles. The van der Waals surface area contributed by atoms with Gasteiger partial charge in [0.15, 0.2) is 0 Å². The molecule has 0 fully saturated rings. The maximum Gasteiger partial charge on any atom is 0.305 e. The largest absolute Gasteiger partial charge is 0.469 e. The van der Waals surface area contributed by atoms with Crippen molar-refractivity contribution in [1.82, 2.24) is 0 Å². The van der Waals surface area contributed by atoms with Crippen molar-refractivity contribution in [3.63, 3.8) is 0 Å². The minimum atomic E-state index is -0.218. The minimum absolute atomic E-state index is 0.120. The maximum atomic E-state index is 11.0. The molecule has 1 unspecified atom stereocenters. The summed E-state index contributed by atoms with van der Waals surface area (Å²) in [7, 11) is 1.39. The van der Waals surface area contributed by atoms with Gasteiger partial charge in [0.1, 0.15) is 0 Å². The lowest BCUT2D eigenvalue weighted by Gasteiger charge is -2.12. The summed E-state index contributed by atoms with van der Waals surface area (Å²) >= 11 is 3.44. The number of carbonyl (C=O) groups excluding carboxylic acids is 1. The smallest absolute Gasteiger partial charge is 0.305 e. The molecule has 1 aromatic rings. The van der Waals surface area contributed by atoms with E-state index in [0.717, 1.165) is 15.6 Å². The number of carbonyl (C=O) groups is 1. The molecule has 88 valence electrons. The van der Waals surface area contributed by atoms with Gasteiger partial charge in [0, 0.05) is 16.9 Å². The number of ether oxygens (including phenoxy) is 1. The highest BCUT2D eigenvalue weighted by Crippen LogP contribution is 2.22. The molecular formula is C12H16BrNO2. The summed E-state index contributed by atoms with van der Waals surface area (Å²) in [5, 5.41) is 0. The number of nitrogens with two attached hydrogens (primary N) is 1. The first kappa shape index (κ1) is 13.2. The second-order valence-corrected chi connectivity index (χ2v) is 4.58. The molecule has 1 aromatic carbocycles. The Morgan fingerprint density at radius 3 is 2.81 bits per heavy atom. The minimum Gasteiger partial charge on any atom is -0.469 e. The van der Waals surface area contributed by atoms with Gasteiger partial charge >= 0.3 is 5.97 Å². The zero-order valence-corrected chi connectivity index (χ0v) is 11.1. The Hall–Kier alpha value is -0.870. The quantitative estimate of drug-likeness (QED) is 0.866. The first-order valence-electron chi connectivity index (χ1n) is 5.13. The van der Waals surface area contributed by atoms with Crippen LogP contribution in [0.3, 0.4) is 0 Å². The Balaban J connectivity index is 2.62. The Bertz CT molecular complexity index is 379. The SMILES string of the molecule is COC(=O)CCC(N)c1ccc(Br)c(C)c1. The normalized spacial score (nSPS) is 12.2. The summed E-state index contributed by atoms with van der Waals surface area (Å²) in [5.41, 5.74) is 8.18. The van der Waals surface area contributed by atoms with E-state index in [9.17, 15) is 4.79 Å². The zero-order chi connectivity index (χ0) is 12.1.